The normalized spacial score (nSPS) is 16.7. The summed E-state index contributed by atoms with van der Waals surface area (Å²) in [6.07, 6.45) is 6.31. The van der Waals surface area contributed by atoms with Crippen molar-refractivity contribution < 1.29 is 13.9 Å². The second-order valence-electron chi connectivity index (χ2n) is 4.95. The van der Waals surface area contributed by atoms with Crippen LogP contribution in [0.1, 0.15) is 42.5 Å². The standard InChI is InChI=1S/C15H19FO2/c16-14-8-6-13(7-9-14)15(17)11-18-10-12-4-2-1-3-5-12/h6-9,12H,1-5,10-11H2. The highest BCUT2D eigenvalue weighted by molar-refractivity contribution is 5.97. The minimum atomic E-state index is -0.324. The SMILES string of the molecule is O=C(COCC1CCCCC1)c1ccc(F)cc1. The topological polar surface area (TPSA) is 26.3 Å². The molecule has 0 atom stereocenters. The number of carbonyl (C=O) groups is 1. The van der Waals surface area contributed by atoms with Gasteiger partial charge in [-0.15, -0.1) is 0 Å². The Morgan fingerprint density at radius 3 is 2.50 bits per heavy atom. The molecule has 0 aromatic heterocycles. The minimum absolute atomic E-state index is 0.0780. The molecule has 1 aromatic rings. The van der Waals surface area contributed by atoms with Crippen LogP contribution in [0.15, 0.2) is 24.3 Å². The van der Waals surface area contributed by atoms with E-state index < -0.39 is 0 Å². The Labute approximate surface area is 107 Å². The van der Waals surface area contributed by atoms with Crippen LogP contribution in [-0.2, 0) is 4.74 Å². The molecular formula is C15H19FO2. The molecule has 0 radical (unpaired) electrons. The van der Waals surface area contributed by atoms with Gasteiger partial charge in [0.25, 0.3) is 0 Å². The minimum Gasteiger partial charge on any atom is -0.373 e. The fourth-order valence-electron chi connectivity index (χ4n) is 2.39. The number of halogens is 1. The van der Waals surface area contributed by atoms with Gasteiger partial charge in [0.2, 0.25) is 0 Å². The molecular weight excluding hydrogens is 231 g/mol. The lowest BCUT2D eigenvalue weighted by atomic mass is 9.90. The molecule has 1 aliphatic carbocycles. The molecule has 1 saturated carbocycles. The molecule has 2 rings (SSSR count). The summed E-state index contributed by atoms with van der Waals surface area (Å²) in [5.41, 5.74) is 0.514. The van der Waals surface area contributed by atoms with E-state index in [4.69, 9.17) is 4.74 Å². The predicted molar refractivity (Wildman–Crippen MR) is 68.1 cm³/mol. The van der Waals surface area contributed by atoms with Gasteiger partial charge in [0.15, 0.2) is 5.78 Å². The molecule has 0 N–H and O–H groups in total. The van der Waals surface area contributed by atoms with Crippen molar-refractivity contribution >= 4 is 5.78 Å². The summed E-state index contributed by atoms with van der Waals surface area (Å²) in [7, 11) is 0. The maximum absolute atomic E-state index is 12.7. The summed E-state index contributed by atoms with van der Waals surface area (Å²) < 4.78 is 18.2. The average molecular weight is 250 g/mol. The number of hydrogen-bond donors (Lipinski definition) is 0. The van der Waals surface area contributed by atoms with E-state index in [1.807, 2.05) is 0 Å². The quantitative estimate of drug-likeness (QED) is 0.746. The van der Waals surface area contributed by atoms with E-state index in [-0.39, 0.29) is 18.2 Å². The number of benzene rings is 1. The molecule has 1 aromatic carbocycles. The summed E-state index contributed by atoms with van der Waals surface area (Å²) >= 11 is 0. The highest BCUT2D eigenvalue weighted by Crippen LogP contribution is 2.23. The van der Waals surface area contributed by atoms with Crippen molar-refractivity contribution in [3.63, 3.8) is 0 Å². The van der Waals surface area contributed by atoms with Crippen molar-refractivity contribution in [3.8, 4) is 0 Å². The fraction of sp³-hybridized carbons (Fsp3) is 0.533. The first-order valence-electron chi connectivity index (χ1n) is 6.62. The van der Waals surface area contributed by atoms with Crippen molar-refractivity contribution in [3.05, 3.63) is 35.6 Å². The number of Topliss-reactive ketones (excluding diaryl/α,β-unsaturated/α-hetero) is 1. The average Bonchev–Trinajstić information content (AvgIpc) is 2.40. The van der Waals surface area contributed by atoms with Gasteiger partial charge in [0.1, 0.15) is 12.4 Å². The van der Waals surface area contributed by atoms with E-state index in [0.717, 1.165) is 0 Å². The second-order valence-corrected chi connectivity index (χ2v) is 4.95. The molecule has 0 bridgehead atoms. The summed E-state index contributed by atoms with van der Waals surface area (Å²) in [6.45, 7) is 0.773. The Bertz CT molecular complexity index is 380. The third-order valence-electron chi connectivity index (χ3n) is 3.48. The molecule has 0 spiro atoms. The monoisotopic (exact) mass is 250 g/mol. The van der Waals surface area contributed by atoms with E-state index in [1.165, 1.54) is 56.4 Å². The molecule has 2 nitrogen and oxygen atoms in total. The van der Waals surface area contributed by atoms with Crippen LogP contribution in [0.25, 0.3) is 0 Å². The summed E-state index contributed by atoms with van der Waals surface area (Å²) in [6, 6.07) is 5.60. The van der Waals surface area contributed by atoms with Gasteiger partial charge in [0.05, 0.1) is 6.61 Å². The zero-order valence-electron chi connectivity index (χ0n) is 10.5. The summed E-state index contributed by atoms with van der Waals surface area (Å²) in [5, 5.41) is 0. The van der Waals surface area contributed by atoms with E-state index in [1.54, 1.807) is 0 Å². The zero-order chi connectivity index (χ0) is 12.8. The van der Waals surface area contributed by atoms with E-state index in [9.17, 15) is 9.18 Å². The zero-order valence-corrected chi connectivity index (χ0v) is 10.5. The van der Waals surface area contributed by atoms with E-state index in [2.05, 4.69) is 0 Å². The van der Waals surface area contributed by atoms with Crippen LogP contribution in [0.2, 0.25) is 0 Å². The number of ketones is 1. The third-order valence-corrected chi connectivity index (χ3v) is 3.48. The Balaban J connectivity index is 1.72. The largest absolute Gasteiger partial charge is 0.373 e. The molecule has 0 aliphatic heterocycles. The van der Waals surface area contributed by atoms with E-state index in [0.29, 0.717) is 18.1 Å². The lowest BCUT2D eigenvalue weighted by Gasteiger charge is -2.21. The number of hydrogen-bond acceptors (Lipinski definition) is 2. The fourth-order valence-corrected chi connectivity index (χ4v) is 2.39. The maximum atomic E-state index is 12.7. The van der Waals surface area contributed by atoms with Crippen molar-refractivity contribution in [1.29, 1.82) is 0 Å². The molecule has 0 saturated heterocycles. The van der Waals surface area contributed by atoms with Crippen LogP contribution in [0.3, 0.4) is 0 Å². The van der Waals surface area contributed by atoms with Crippen LogP contribution < -0.4 is 0 Å². The first-order chi connectivity index (χ1) is 8.75. The highest BCUT2D eigenvalue weighted by Gasteiger charge is 2.14. The maximum Gasteiger partial charge on any atom is 0.188 e. The van der Waals surface area contributed by atoms with Gasteiger partial charge < -0.3 is 4.74 Å². The number of rotatable bonds is 5. The third kappa shape index (κ3) is 3.91. The molecule has 1 aliphatic rings. The van der Waals surface area contributed by atoms with Crippen LogP contribution >= 0.6 is 0 Å². The summed E-state index contributed by atoms with van der Waals surface area (Å²) in [5.74, 6) is 0.209. The van der Waals surface area contributed by atoms with Crippen molar-refractivity contribution in [2.75, 3.05) is 13.2 Å². The van der Waals surface area contributed by atoms with Gasteiger partial charge in [-0.25, -0.2) is 4.39 Å². The predicted octanol–water partition coefficient (Wildman–Crippen LogP) is 3.61. The van der Waals surface area contributed by atoms with E-state index >= 15 is 0 Å². The van der Waals surface area contributed by atoms with Gasteiger partial charge in [-0.05, 0) is 43.0 Å². The molecule has 0 amide bonds. The van der Waals surface area contributed by atoms with Crippen LogP contribution in [0.4, 0.5) is 4.39 Å². The molecule has 3 heteroatoms. The Morgan fingerprint density at radius 1 is 1.17 bits per heavy atom. The Morgan fingerprint density at radius 2 is 1.83 bits per heavy atom. The van der Waals surface area contributed by atoms with Gasteiger partial charge in [-0.1, -0.05) is 19.3 Å². The molecule has 98 valence electrons. The van der Waals surface area contributed by atoms with Gasteiger partial charge >= 0.3 is 0 Å². The second kappa shape index (κ2) is 6.64. The molecule has 1 fully saturated rings. The number of carbonyl (C=O) groups excluding carboxylic acids is 1. The Kier molecular flexibility index (Phi) is 4.88. The van der Waals surface area contributed by atoms with Gasteiger partial charge in [-0.3, -0.25) is 4.79 Å². The van der Waals surface area contributed by atoms with Crippen molar-refractivity contribution in [2.45, 2.75) is 32.1 Å². The molecule has 0 heterocycles. The van der Waals surface area contributed by atoms with Crippen LogP contribution in [0, 0.1) is 11.7 Å². The van der Waals surface area contributed by atoms with Crippen molar-refractivity contribution in [2.24, 2.45) is 5.92 Å². The van der Waals surface area contributed by atoms with Crippen molar-refractivity contribution in [1.82, 2.24) is 0 Å². The lowest BCUT2D eigenvalue weighted by molar-refractivity contribution is 0.0628. The van der Waals surface area contributed by atoms with Gasteiger partial charge in [-0.2, -0.15) is 0 Å². The van der Waals surface area contributed by atoms with Crippen LogP contribution in [0.5, 0.6) is 0 Å². The lowest BCUT2D eigenvalue weighted by Crippen LogP contribution is -2.17. The molecule has 0 unspecified atom stereocenters. The Hall–Kier alpha value is -1.22. The highest BCUT2D eigenvalue weighted by atomic mass is 19.1. The van der Waals surface area contributed by atoms with Crippen LogP contribution in [-0.4, -0.2) is 19.0 Å². The molecule has 18 heavy (non-hydrogen) atoms. The summed E-state index contributed by atoms with van der Waals surface area (Å²) in [4.78, 5) is 11.8. The first-order valence-corrected chi connectivity index (χ1v) is 6.62. The number of ether oxygens (including phenoxy) is 1. The first kappa shape index (κ1) is 13.2. The smallest absolute Gasteiger partial charge is 0.188 e. The van der Waals surface area contributed by atoms with Gasteiger partial charge in [0, 0.05) is 5.56 Å².